The van der Waals surface area contributed by atoms with E-state index in [1.807, 2.05) is 0 Å². The van der Waals surface area contributed by atoms with E-state index in [1.165, 1.54) is 7.11 Å². The molecule has 106 valence electrons. The fourth-order valence-corrected chi connectivity index (χ4v) is 1.91. The minimum atomic E-state index is -0.366. The number of benzene rings is 1. The SMILES string of the molecule is CCCCOCCOc1ccc(C(=O)OC)cc1Br. The van der Waals surface area contributed by atoms with Crippen LogP contribution in [0.4, 0.5) is 0 Å². The molecule has 1 aromatic carbocycles. The first kappa shape index (κ1) is 16.0. The van der Waals surface area contributed by atoms with E-state index in [0.717, 1.165) is 23.9 Å². The van der Waals surface area contributed by atoms with E-state index in [0.29, 0.717) is 24.5 Å². The van der Waals surface area contributed by atoms with Crippen LogP contribution in [-0.2, 0) is 9.47 Å². The Hall–Kier alpha value is -1.07. The van der Waals surface area contributed by atoms with Crippen LogP contribution in [0.15, 0.2) is 22.7 Å². The lowest BCUT2D eigenvalue weighted by molar-refractivity contribution is 0.0600. The predicted molar refractivity (Wildman–Crippen MR) is 76.7 cm³/mol. The molecule has 0 unspecified atom stereocenters. The quantitative estimate of drug-likeness (QED) is 0.541. The zero-order valence-corrected chi connectivity index (χ0v) is 12.9. The molecule has 0 heterocycles. The van der Waals surface area contributed by atoms with Crippen molar-refractivity contribution >= 4 is 21.9 Å². The number of ether oxygens (including phenoxy) is 3. The Bertz CT molecular complexity index is 406. The average Bonchev–Trinajstić information content (AvgIpc) is 2.43. The van der Waals surface area contributed by atoms with Gasteiger partial charge in [0.2, 0.25) is 0 Å². The van der Waals surface area contributed by atoms with Gasteiger partial charge in [-0.2, -0.15) is 0 Å². The number of hydrogen-bond acceptors (Lipinski definition) is 4. The molecule has 0 saturated heterocycles. The molecule has 19 heavy (non-hydrogen) atoms. The van der Waals surface area contributed by atoms with Gasteiger partial charge in [-0.05, 0) is 40.5 Å². The number of carbonyl (C=O) groups excluding carboxylic acids is 1. The van der Waals surface area contributed by atoms with Crippen molar-refractivity contribution in [1.29, 1.82) is 0 Å². The second kappa shape index (κ2) is 8.93. The molecule has 0 aliphatic carbocycles. The maximum absolute atomic E-state index is 11.3. The Morgan fingerprint density at radius 2 is 2.05 bits per heavy atom. The third-order valence-corrected chi connectivity index (χ3v) is 3.10. The van der Waals surface area contributed by atoms with E-state index in [4.69, 9.17) is 9.47 Å². The van der Waals surface area contributed by atoms with Crippen LogP contribution in [0.25, 0.3) is 0 Å². The van der Waals surface area contributed by atoms with Crippen LogP contribution in [0.2, 0.25) is 0 Å². The van der Waals surface area contributed by atoms with Gasteiger partial charge in [-0.25, -0.2) is 4.79 Å². The Morgan fingerprint density at radius 3 is 2.68 bits per heavy atom. The fourth-order valence-electron chi connectivity index (χ4n) is 1.42. The van der Waals surface area contributed by atoms with E-state index < -0.39 is 0 Å². The molecule has 0 aliphatic heterocycles. The van der Waals surface area contributed by atoms with Gasteiger partial charge in [0.15, 0.2) is 0 Å². The van der Waals surface area contributed by atoms with Crippen molar-refractivity contribution in [2.75, 3.05) is 26.9 Å². The van der Waals surface area contributed by atoms with Crippen LogP contribution in [0, 0.1) is 0 Å². The maximum atomic E-state index is 11.3. The van der Waals surface area contributed by atoms with Crippen LogP contribution in [0.3, 0.4) is 0 Å². The highest BCUT2D eigenvalue weighted by Crippen LogP contribution is 2.26. The zero-order valence-electron chi connectivity index (χ0n) is 11.3. The summed E-state index contributed by atoms with van der Waals surface area (Å²) in [5.41, 5.74) is 0.487. The summed E-state index contributed by atoms with van der Waals surface area (Å²) in [6.45, 7) is 3.94. The number of unbranched alkanes of at least 4 members (excludes halogenated alkanes) is 1. The predicted octanol–water partition coefficient (Wildman–Crippen LogP) is 3.43. The van der Waals surface area contributed by atoms with Crippen LogP contribution >= 0.6 is 15.9 Å². The van der Waals surface area contributed by atoms with Crippen LogP contribution in [0.5, 0.6) is 5.75 Å². The maximum Gasteiger partial charge on any atom is 0.337 e. The summed E-state index contributed by atoms with van der Waals surface area (Å²) in [5, 5.41) is 0. The van der Waals surface area contributed by atoms with Gasteiger partial charge in [-0.1, -0.05) is 13.3 Å². The number of rotatable bonds is 8. The van der Waals surface area contributed by atoms with Crippen molar-refractivity contribution < 1.29 is 19.0 Å². The van der Waals surface area contributed by atoms with Crippen molar-refractivity contribution in [2.24, 2.45) is 0 Å². The standard InChI is InChI=1S/C14H19BrO4/c1-3-4-7-18-8-9-19-13-6-5-11(10-12(13)15)14(16)17-2/h5-6,10H,3-4,7-9H2,1-2H3. The molecular weight excluding hydrogens is 312 g/mol. The highest BCUT2D eigenvalue weighted by atomic mass is 79.9. The topological polar surface area (TPSA) is 44.8 Å². The van der Waals surface area contributed by atoms with Crippen molar-refractivity contribution in [3.8, 4) is 5.75 Å². The molecule has 0 saturated carbocycles. The van der Waals surface area contributed by atoms with Crippen LogP contribution < -0.4 is 4.74 Å². The monoisotopic (exact) mass is 330 g/mol. The molecule has 0 radical (unpaired) electrons. The van der Waals surface area contributed by atoms with Crippen LogP contribution in [0.1, 0.15) is 30.1 Å². The van der Waals surface area contributed by atoms with E-state index in [2.05, 4.69) is 27.6 Å². The summed E-state index contributed by atoms with van der Waals surface area (Å²) in [6.07, 6.45) is 2.19. The number of hydrogen-bond donors (Lipinski definition) is 0. The van der Waals surface area contributed by atoms with Crippen molar-refractivity contribution in [3.05, 3.63) is 28.2 Å². The lowest BCUT2D eigenvalue weighted by Gasteiger charge is -2.09. The Morgan fingerprint density at radius 1 is 1.26 bits per heavy atom. The Labute approximate surface area is 122 Å². The molecule has 4 nitrogen and oxygen atoms in total. The molecule has 0 aliphatic rings. The van der Waals surface area contributed by atoms with E-state index in [9.17, 15) is 4.79 Å². The summed E-state index contributed by atoms with van der Waals surface area (Å²) in [7, 11) is 1.36. The average molecular weight is 331 g/mol. The van der Waals surface area contributed by atoms with Gasteiger partial charge in [-0.15, -0.1) is 0 Å². The van der Waals surface area contributed by atoms with Gasteiger partial charge >= 0.3 is 5.97 Å². The van der Waals surface area contributed by atoms with E-state index >= 15 is 0 Å². The van der Waals surface area contributed by atoms with Crippen molar-refractivity contribution in [1.82, 2.24) is 0 Å². The lowest BCUT2D eigenvalue weighted by Crippen LogP contribution is -2.08. The number of carbonyl (C=O) groups is 1. The van der Waals surface area contributed by atoms with Gasteiger partial charge in [-0.3, -0.25) is 0 Å². The normalized spacial score (nSPS) is 10.3. The molecule has 0 aromatic heterocycles. The molecule has 0 spiro atoms. The second-order valence-corrected chi connectivity index (χ2v) is 4.81. The minimum Gasteiger partial charge on any atom is -0.490 e. The van der Waals surface area contributed by atoms with Crippen molar-refractivity contribution in [3.63, 3.8) is 0 Å². The van der Waals surface area contributed by atoms with Gasteiger partial charge in [0, 0.05) is 6.61 Å². The van der Waals surface area contributed by atoms with Gasteiger partial charge in [0.05, 0.1) is 23.8 Å². The van der Waals surface area contributed by atoms with Crippen molar-refractivity contribution in [2.45, 2.75) is 19.8 Å². The first-order valence-electron chi connectivity index (χ1n) is 6.27. The number of halogens is 1. The van der Waals surface area contributed by atoms with Gasteiger partial charge < -0.3 is 14.2 Å². The molecule has 0 amide bonds. The molecule has 0 bridgehead atoms. The lowest BCUT2D eigenvalue weighted by atomic mass is 10.2. The summed E-state index contributed by atoms with van der Waals surface area (Å²) in [5.74, 6) is 0.321. The van der Waals surface area contributed by atoms with Gasteiger partial charge in [0.1, 0.15) is 12.4 Å². The Kier molecular flexibility index (Phi) is 7.52. The largest absolute Gasteiger partial charge is 0.490 e. The first-order valence-corrected chi connectivity index (χ1v) is 7.06. The zero-order chi connectivity index (χ0) is 14.1. The highest BCUT2D eigenvalue weighted by Gasteiger charge is 2.08. The van der Waals surface area contributed by atoms with Gasteiger partial charge in [0.25, 0.3) is 0 Å². The summed E-state index contributed by atoms with van der Waals surface area (Å²) in [6, 6.07) is 5.09. The second-order valence-electron chi connectivity index (χ2n) is 3.95. The summed E-state index contributed by atoms with van der Waals surface area (Å²) in [4.78, 5) is 11.3. The molecule has 1 rings (SSSR count). The van der Waals surface area contributed by atoms with E-state index in [-0.39, 0.29) is 5.97 Å². The third kappa shape index (κ3) is 5.61. The molecule has 1 aromatic rings. The summed E-state index contributed by atoms with van der Waals surface area (Å²) >= 11 is 3.37. The minimum absolute atomic E-state index is 0.366. The van der Waals surface area contributed by atoms with Crippen LogP contribution in [-0.4, -0.2) is 32.9 Å². The molecule has 5 heteroatoms. The fraction of sp³-hybridized carbons (Fsp3) is 0.500. The smallest absolute Gasteiger partial charge is 0.337 e. The highest BCUT2D eigenvalue weighted by molar-refractivity contribution is 9.10. The number of methoxy groups -OCH3 is 1. The third-order valence-electron chi connectivity index (χ3n) is 2.48. The molecular formula is C14H19BrO4. The Balaban J connectivity index is 2.40. The van der Waals surface area contributed by atoms with E-state index in [1.54, 1.807) is 18.2 Å². The molecule has 0 atom stereocenters. The first-order chi connectivity index (χ1) is 9.19. The summed E-state index contributed by atoms with van der Waals surface area (Å²) < 4.78 is 16.3. The number of esters is 1. The molecule has 0 fully saturated rings. The molecule has 0 N–H and O–H groups in total.